The SMILES string of the molecule is CCCNC(c1ccc(OC)c(Cl)c1)C(F)(F)C(F)(F)F. The van der Waals surface area contributed by atoms with Gasteiger partial charge in [0.2, 0.25) is 0 Å². The van der Waals surface area contributed by atoms with E-state index in [1.165, 1.54) is 13.2 Å². The Morgan fingerprint density at radius 3 is 2.29 bits per heavy atom. The molecule has 0 radical (unpaired) electrons. The fourth-order valence-corrected chi connectivity index (χ4v) is 2.04. The number of rotatable bonds is 6. The molecule has 1 aromatic rings. The highest BCUT2D eigenvalue weighted by Gasteiger charge is 2.62. The monoisotopic (exact) mass is 331 g/mol. The van der Waals surface area contributed by atoms with Crippen molar-refractivity contribution in [2.75, 3.05) is 13.7 Å². The second kappa shape index (κ2) is 6.79. The van der Waals surface area contributed by atoms with Crippen LogP contribution >= 0.6 is 11.6 Å². The summed E-state index contributed by atoms with van der Waals surface area (Å²) in [6.45, 7) is 1.68. The molecule has 1 rings (SSSR count). The Balaban J connectivity index is 3.22. The van der Waals surface area contributed by atoms with Crippen LogP contribution in [0.2, 0.25) is 5.02 Å². The van der Waals surface area contributed by atoms with Gasteiger partial charge in [-0.3, -0.25) is 0 Å². The first-order valence-corrected chi connectivity index (χ1v) is 6.54. The van der Waals surface area contributed by atoms with Gasteiger partial charge in [0.25, 0.3) is 0 Å². The highest BCUT2D eigenvalue weighted by atomic mass is 35.5. The number of halogens is 6. The number of benzene rings is 1. The van der Waals surface area contributed by atoms with Crippen molar-refractivity contribution in [1.82, 2.24) is 5.32 Å². The molecular weight excluding hydrogens is 317 g/mol. The van der Waals surface area contributed by atoms with E-state index in [0.717, 1.165) is 12.1 Å². The highest BCUT2D eigenvalue weighted by Crippen LogP contribution is 2.45. The Hall–Kier alpha value is -1.08. The van der Waals surface area contributed by atoms with Crippen molar-refractivity contribution in [3.8, 4) is 5.75 Å². The maximum atomic E-state index is 13.7. The van der Waals surface area contributed by atoms with Gasteiger partial charge >= 0.3 is 12.1 Å². The van der Waals surface area contributed by atoms with Gasteiger partial charge < -0.3 is 10.1 Å². The molecule has 0 aromatic heterocycles. The van der Waals surface area contributed by atoms with Crippen molar-refractivity contribution in [3.63, 3.8) is 0 Å². The first-order valence-electron chi connectivity index (χ1n) is 6.16. The van der Waals surface area contributed by atoms with Gasteiger partial charge in [-0.1, -0.05) is 24.6 Å². The number of hydrogen-bond donors (Lipinski definition) is 1. The number of alkyl halides is 5. The van der Waals surface area contributed by atoms with E-state index in [1.54, 1.807) is 6.92 Å². The normalized spacial score (nSPS) is 14.1. The van der Waals surface area contributed by atoms with E-state index < -0.39 is 18.1 Å². The van der Waals surface area contributed by atoms with E-state index in [4.69, 9.17) is 16.3 Å². The minimum Gasteiger partial charge on any atom is -0.495 e. The Kier molecular flexibility index (Phi) is 5.81. The molecule has 21 heavy (non-hydrogen) atoms. The summed E-state index contributed by atoms with van der Waals surface area (Å²) < 4.78 is 69.9. The third-order valence-electron chi connectivity index (χ3n) is 2.85. The first kappa shape index (κ1) is 18.0. The molecule has 8 heteroatoms. The standard InChI is InChI=1S/C13H15ClF5NO/c1-3-6-20-11(12(15,16)13(17,18)19)8-4-5-10(21-2)9(14)7-8/h4-5,7,11,20H,3,6H2,1-2H3. The number of methoxy groups -OCH3 is 1. The summed E-state index contributed by atoms with van der Waals surface area (Å²) in [7, 11) is 1.32. The van der Waals surface area contributed by atoms with Gasteiger partial charge in [0.15, 0.2) is 0 Å². The molecule has 1 unspecified atom stereocenters. The lowest BCUT2D eigenvalue weighted by molar-refractivity contribution is -0.294. The van der Waals surface area contributed by atoms with Crippen molar-refractivity contribution >= 4 is 11.6 Å². The van der Waals surface area contributed by atoms with Crippen LogP contribution in [0, 0.1) is 0 Å². The third-order valence-corrected chi connectivity index (χ3v) is 3.14. The Labute approximate surface area is 124 Å². The minimum absolute atomic E-state index is 0.0139. The van der Waals surface area contributed by atoms with Crippen LogP contribution in [0.3, 0.4) is 0 Å². The number of ether oxygens (including phenoxy) is 1. The molecule has 1 N–H and O–H groups in total. The second-order valence-electron chi connectivity index (χ2n) is 4.40. The summed E-state index contributed by atoms with van der Waals surface area (Å²) in [4.78, 5) is 0. The maximum Gasteiger partial charge on any atom is 0.455 e. The van der Waals surface area contributed by atoms with E-state index in [0.29, 0.717) is 6.42 Å². The lowest BCUT2D eigenvalue weighted by Gasteiger charge is -2.30. The van der Waals surface area contributed by atoms with Gasteiger partial charge in [0.05, 0.1) is 12.1 Å². The van der Waals surface area contributed by atoms with Crippen LogP contribution in [0.5, 0.6) is 5.75 Å². The zero-order chi connectivity index (χ0) is 16.3. The van der Waals surface area contributed by atoms with Crippen LogP contribution < -0.4 is 10.1 Å². The lowest BCUT2D eigenvalue weighted by atomic mass is 9.99. The van der Waals surface area contributed by atoms with Gasteiger partial charge in [-0.15, -0.1) is 0 Å². The molecule has 120 valence electrons. The number of nitrogens with one attached hydrogen (secondary N) is 1. The molecule has 1 atom stereocenters. The van der Waals surface area contributed by atoms with E-state index >= 15 is 0 Å². The smallest absolute Gasteiger partial charge is 0.455 e. The summed E-state index contributed by atoms with van der Waals surface area (Å²) in [6, 6.07) is 1.23. The van der Waals surface area contributed by atoms with E-state index in [2.05, 4.69) is 5.32 Å². The van der Waals surface area contributed by atoms with Crippen LogP contribution in [0.4, 0.5) is 22.0 Å². The summed E-state index contributed by atoms with van der Waals surface area (Å²) in [6.07, 6.45) is -5.25. The molecule has 0 aliphatic heterocycles. The first-order chi connectivity index (χ1) is 9.65. The molecule has 0 saturated heterocycles. The molecule has 0 saturated carbocycles. The summed E-state index contributed by atoms with van der Waals surface area (Å²) in [5.41, 5.74) is -0.253. The molecule has 0 aliphatic rings. The molecule has 1 aromatic carbocycles. The Morgan fingerprint density at radius 2 is 1.86 bits per heavy atom. The van der Waals surface area contributed by atoms with Crippen LogP contribution in [0.25, 0.3) is 0 Å². The van der Waals surface area contributed by atoms with Crippen LogP contribution in [-0.4, -0.2) is 25.8 Å². The van der Waals surface area contributed by atoms with Crippen LogP contribution in [-0.2, 0) is 0 Å². The molecule has 0 aliphatic carbocycles. The summed E-state index contributed by atoms with van der Waals surface area (Å²) in [5, 5.41) is 2.20. The van der Waals surface area contributed by atoms with Crippen molar-refractivity contribution in [2.24, 2.45) is 0 Å². The average Bonchev–Trinajstić information content (AvgIpc) is 2.37. The van der Waals surface area contributed by atoms with Crippen molar-refractivity contribution < 1.29 is 26.7 Å². The zero-order valence-electron chi connectivity index (χ0n) is 11.4. The Bertz CT molecular complexity index is 478. The predicted octanol–water partition coefficient (Wildman–Crippen LogP) is 4.59. The topological polar surface area (TPSA) is 21.3 Å². The fraction of sp³-hybridized carbons (Fsp3) is 0.538. The van der Waals surface area contributed by atoms with Crippen LogP contribution in [0.1, 0.15) is 24.9 Å². The minimum atomic E-state index is -5.66. The van der Waals surface area contributed by atoms with E-state index in [1.807, 2.05) is 0 Å². The van der Waals surface area contributed by atoms with Crippen LogP contribution in [0.15, 0.2) is 18.2 Å². The van der Waals surface area contributed by atoms with Gasteiger partial charge in [-0.25, -0.2) is 0 Å². The van der Waals surface area contributed by atoms with Crippen molar-refractivity contribution in [1.29, 1.82) is 0 Å². The molecule has 2 nitrogen and oxygen atoms in total. The number of hydrogen-bond acceptors (Lipinski definition) is 2. The average molecular weight is 332 g/mol. The van der Waals surface area contributed by atoms with Gasteiger partial charge in [-0.05, 0) is 30.7 Å². The van der Waals surface area contributed by atoms with E-state index in [-0.39, 0.29) is 22.9 Å². The van der Waals surface area contributed by atoms with Crippen molar-refractivity contribution in [3.05, 3.63) is 28.8 Å². The fourth-order valence-electron chi connectivity index (χ4n) is 1.77. The maximum absolute atomic E-state index is 13.7. The molecule has 0 fully saturated rings. The molecule has 0 amide bonds. The molecular formula is C13H15ClF5NO. The van der Waals surface area contributed by atoms with Gasteiger partial charge in [-0.2, -0.15) is 22.0 Å². The third kappa shape index (κ3) is 3.97. The highest BCUT2D eigenvalue weighted by molar-refractivity contribution is 6.32. The zero-order valence-corrected chi connectivity index (χ0v) is 12.2. The molecule has 0 bridgehead atoms. The lowest BCUT2D eigenvalue weighted by Crippen LogP contribution is -2.48. The Morgan fingerprint density at radius 1 is 1.24 bits per heavy atom. The largest absolute Gasteiger partial charge is 0.495 e. The molecule has 0 spiro atoms. The summed E-state index contributed by atoms with van der Waals surface area (Å²) >= 11 is 5.79. The van der Waals surface area contributed by atoms with E-state index in [9.17, 15) is 22.0 Å². The quantitative estimate of drug-likeness (QED) is 0.770. The molecule has 0 heterocycles. The van der Waals surface area contributed by atoms with Crippen molar-refractivity contribution in [2.45, 2.75) is 31.5 Å². The summed E-state index contributed by atoms with van der Waals surface area (Å²) in [5.74, 6) is -4.72. The van der Waals surface area contributed by atoms with Gasteiger partial charge in [0.1, 0.15) is 11.8 Å². The second-order valence-corrected chi connectivity index (χ2v) is 4.81. The predicted molar refractivity (Wildman–Crippen MR) is 70.0 cm³/mol. The van der Waals surface area contributed by atoms with Gasteiger partial charge in [0, 0.05) is 0 Å².